The molecule has 0 atom stereocenters. The largest absolute Gasteiger partial charge is 0.337 e. The summed E-state index contributed by atoms with van der Waals surface area (Å²) < 4.78 is 0. The molecule has 0 saturated carbocycles. The molecule has 126 valence electrons. The lowest BCUT2D eigenvalue weighted by atomic mass is 10.1. The van der Waals surface area contributed by atoms with E-state index in [4.69, 9.17) is 0 Å². The van der Waals surface area contributed by atoms with Crippen molar-refractivity contribution in [3.05, 3.63) is 65.2 Å². The van der Waals surface area contributed by atoms with Crippen LogP contribution in [-0.2, 0) is 0 Å². The van der Waals surface area contributed by atoms with E-state index in [1.54, 1.807) is 4.90 Å². The molecule has 0 aromatic heterocycles. The highest BCUT2D eigenvalue weighted by atomic mass is 16.2. The number of anilines is 1. The maximum atomic E-state index is 12.4. The maximum absolute atomic E-state index is 12.4. The van der Waals surface area contributed by atoms with Gasteiger partial charge in [0.1, 0.15) is 0 Å². The van der Waals surface area contributed by atoms with Gasteiger partial charge in [-0.15, -0.1) is 0 Å². The monoisotopic (exact) mass is 324 g/mol. The third-order valence-corrected chi connectivity index (χ3v) is 3.88. The van der Waals surface area contributed by atoms with E-state index in [1.165, 1.54) is 0 Å². The summed E-state index contributed by atoms with van der Waals surface area (Å²) in [4.78, 5) is 26.1. The number of urea groups is 1. The van der Waals surface area contributed by atoms with Gasteiger partial charge in [-0.1, -0.05) is 42.0 Å². The smallest absolute Gasteiger partial charge is 0.321 e. The normalized spacial score (nSPS) is 10.3. The van der Waals surface area contributed by atoms with E-state index < -0.39 is 0 Å². The van der Waals surface area contributed by atoms with E-state index in [0.29, 0.717) is 25.1 Å². The van der Waals surface area contributed by atoms with Crippen LogP contribution < -0.4 is 10.2 Å². The van der Waals surface area contributed by atoms with Gasteiger partial charge in [-0.05, 0) is 38.5 Å². The van der Waals surface area contributed by atoms with Crippen molar-refractivity contribution >= 4 is 17.5 Å². The Labute approximate surface area is 143 Å². The fourth-order valence-electron chi connectivity index (χ4n) is 2.50. The zero-order valence-corrected chi connectivity index (χ0v) is 14.5. The van der Waals surface area contributed by atoms with E-state index in [2.05, 4.69) is 5.32 Å². The highest BCUT2D eigenvalue weighted by Crippen LogP contribution is 2.15. The average molecular weight is 324 g/mol. The number of ketones is 1. The predicted octanol–water partition coefficient (Wildman–Crippen LogP) is 4.11. The summed E-state index contributed by atoms with van der Waals surface area (Å²) in [6, 6.07) is 15.1. The first kappa shape index (κ1) is 17.7. The molecule has 24 heavy (non-hydrogen) atoms. The van der Waals surface area contributed by atoms with E-state index >= 15 is 0 Å². The molecular formula is C20H24N2O2. The van der Waals surface area contributed by atoms with Crippen LogP contribution >= 0.6 is 0 Å². The zero-order valence-electron chi connectivity index (χ0n) is 14.5. The third kappa shape index (κ3) is 4.69. The van der Waals surface area contributed by atoms with Crippen molar-refractivity contribution < 1.29 is 9.59 Å². The molecule has 2 amide bonds. The Hall–Kier alpha value is -2.62. The summed E-state index contributed by atoms with van der Waals surface area (Å²) in [5.74, 6) is 0.0360. The second kappa shape index (κ2) is 8.29. The first-order valence-electron chi connectivity index (χ1n) is 8.23. The molecule has 0 bridgehead atoms. The summed E-state index contributed by atoms with van der Waals surface area (Å²) in [6.45, 7) is 6.81. The van der Waals surface area contributed by atoms with E-state index in [-0.39, 0.29) is 11.8 Å². The number of aryl methyl sites for hydroxylation is 2. The quantitative estimate of drug-likeness (QED) is 0.813. The Morgan fingerprint density at radius 3 is 2.33 bits per heavy atom. The Bertz CT molecular complexity index is 708. The summed E-state index contributed by atoms with van der Waals surface area (Å²) in [7, 11) is 0. The summed E-state index contributed by atoms with van der Waals surface area (Å²) in [5.41, 5.74) is 3.77. The highest BCUT2D eigenvalue weighted by Gasteiger charge is 2.14. The van der Waals surface area contributed by atoms with Crippen molar-refractivity contribution in [2.75, 3.05) is 18.0 Å². The van der Waals surface area contributed by atoms with Crippen molar-refractivity contribution in [2.24, 2.45) is 0 Å². The van der Waals surface area contributed by atoms with Gasteiger partial charge in [0.25, 0.3) is 0 Å². The first-order valence-corrected chi connectivity index (χ1v) is 8.23. The van der Waals surface area contributed by atoms with Crippen molar-refractivity contribution in [3.8, 4) is 0 Å². The molecule has 0 radical (unpaired) electrons. The second-order valence-electron chi connectivity index (χ2n) is 5.85. The van der Waals surface area contributed by atoms with Gasteiger partial charge in [-0.2, -0.15) is 0 Å². The number of carbonyl (C=O) groups is 2. The number of hydrogen-bond acceptors (Lipinski definition) is 2. The van der Waals surface area contributed by atoms with Crippen LogP contribution in [0.3, 0.4) is 0 Å². The molecule has 0 heterocycles. The number of amides is 2. The molecule has 0 aliphatic rings. The van der Waals surface area contributed by atoms with Crippen LogP contribution in [0.1, 0.15) is 34.8 Å². The number of hydrogen-bond donors (Lipinski definition) is 1. The first-order chi connectivity index (χ1) is 11.5. The van der Waals surface area contributed by atoms with Gasteiger partial charge < -0.3 is 5.32 Å². The number of carbonyl (C=O) groups excluding carboxylic acids is 2. The molecule has 4 heteroatoms. The Balaban J connectivity index is 1.89. The van der Waals surface area contributed by atoms with Crippen LogP contribution in [0.4, 0.5) is 10.5 Å². The molecular weight excluding hydrogens is 300 g/mol. The average Bonchev–Trinajstić information content (AvgIpc) is 2.56. The maximum Gasteiger partial charge on any atom is 0.321 e. The minimum absolute atomic E-state index is 0.0360. The third-order valence-electron chi connectivity index (χ3n) is 3.88. The molecule has 4 nitrogen and oxygen atoms in total. The van der Waals surface area contributed by atoms with E-state index in [9.17, 15) is 9.59 Å². The van der Waals surface area contributed by atoms with Crippen molar-refractivity contribution in [1.29, 1.82) is 0 Å². The zero-order chi connectivity index (χ0) is 17.5. The van der Waals surface area contributed by atoms with E-state index in [0.717, 1.165) is 16.8 Å². The van der Waals surface area contributed by atoms with Crippen LogP contribution in [0, 0.1) is 13.8 Å². The molecule has 0 aliphatic carbocycles. The molecule has 2 rings (SSSR count). The number of rotatable bonds is 6. The van der Waals surface area contributed by atoms with Crippen molar-refractivity contribution in [2.45, 2.75) is 27.2 Å². The lowest BCUT2D eigenvalue weighted by Gasteiger charge is -2.21. The molecule has 0 aliphatic heterocycles. The van der Waals surface area contributed by atoms with Gasteiger partial charge in [0.05, 0.1) is 0 Å². The highest BCUT2D eigenvalue weighted by molar-refractivity contribution is 5.97. The van der Waals surface area contributed by atoms with Crippen LogP contribution in [0.15, 0.2) is 48.5 Å². The molecule has 2 aromatic carbocycles. The molecule has 0 saturated heterocycles. The second-order valence-corrected chi connectivity index (χ2v) is 5.85. The summed E-state index contributed by atoms with van der Waals surface area (Å²) in [6.07, 6.45) is 0.292. The van der Waals surface area contributed by atoms with Gasteiger partial charge in [0.2, 0.25) is 0 Å². The van der Waals surface area contributed by atoms with Gasteiger partial charge in [0, 0.05) is 30.8 Å². The fourth-order valence-corrected chi connectivity index (χ4v) is 2.50. The molecule has 0 fully saturated rings. The number of nitrogens with one attached hydrogen (secondary N) is 1. The van der Waals surface area contributed by atoms with Crippen molar-refractivity contribution in [3.63, 3.8) is 0 Å². The minimum Gasteiger partial charge on any atom is -0.337 e. The van der Waals surface area contributed by atoms with Crippen LogP contribution in [0.5, 0.6) is 0 Å². The Morgan fingerprint density at radius 2 is 1.71 bits per heavy atom. The van der Waals surface area contributed by atoms with Gasteiger partial charge in [0.15, 0.2) is 5.78 Å². The van der Waals surface area contributed by atoms with Gasteiger partial charge in [-0.3, -0.25) is 9.69 Å². The summed E-state index contributed by atoms with van der Waals surface area (Å²) in [5, 5.41) is 2.83. The van der Waals surface area contributed by atoms with Crippen LogP contribution in [0.25, 0.3) is 0 Å². The molecule has 2 aromatic rings. The Morgan fingerprint density at radius 1 is 1.00 bits per heavy atom. The molecule has 0 spiro atoms. The van der Waals surface area contributed by atoms with Gasteiger partial charge >= 0.3 is 6.03 Å². The minimum atomic E-state index is -0.181. The lowest BCUT2D eigenvalue weighted by Crippen LogP contribution is -2.40. The Kier molecular flexibility index (Phi) is 6.13. The predicted molar refractivity (Wildman–Crippen MR) is 97.7 cm³/mol. The van der Waals surface area contributed by atoms with Crippen molar-refractivity contribution in [1.82, 2.24) is 5.32 Å². The lowest BCUT2D eigenvalue weighted by molar-refractivity contribution is 0.0983. The molecule has 0 unspecified atom stereocenters. The molecule has 1 N–H and O–H groups in total. The SMILES string of the molecule is CCN(C(=O)NCCC(=O)c1ccc(C)cc1)c1cccc(C)c1. The number of benzene rings is 2. The van der Waals surface area contributed by atoms with Crippen LogP contribution in [0.2, 0.25) is 0 Å². The topological polar surface area (TPSA) is 49.4 Å². The van der Waals surface area contributed by atoms with Crippen LogP contribution in [-0.4, -0.2) is 24.9 Å². The number of nitrogens with zero attached hydrogens (tertiary/aromatic N) is 1. The summed E-state index contributed by atoms with van der Waals surface area (Å²) >= 11 is 0. The fraction of sp³-hybridized carbons (Fsp3) is 0.300. The standard InChI is InChI=1S/C20H24N2O2/c1-4-22(18-7-5-6-16(3)14-18)20(24)21-13-12-19(23)17-10-8-15(2)9-11-17/h5-11,14H,4,12-13H2,1-3H3,(H,21,24). The number of Topliss-reactive ketones (excluding diaryl/α,β-unsaturated/α-hetero) is 1. The van der Waals surface area contributed by atoms with E-state index in [1.807, 2.05) is 69.3 Å². The van der Waals surface area contributed by atoms with Gasteiger partial charge in [-0.25, -0.2) is 4.79 Å².